The molecule has 0 bridgehead atoms. The quantitative estimate of drug-likeness (QED) is 0.738. The third-order valence-electron chi connectivity index (χ3n) is 4.83. The van der Waals surface area contributed by atoms with Crippen LogP contribution in [0.25, 0.3) is 0 Å². The molecule has 2 heterocycles. The lowest BCUT2D eigenvalue weighted by atomic mass is 9.87. The zero-order chi connectivity index (χ0) is 11.9. The first-order chi connectivity index (χ1) is 8.14. The van der Waals surface area contributed by atoms with Crippen molar-refractivity contribution >= 4 is 5.91 Å². The number of ether oxygens (including phenoxy) is 1. The van der Waals surface area contributed by atoms with E-state index in [4.69, 9.17) is 10.5 Å². The summed E-state index contributed by atoms with van der Waals surface area (Å²) in [5.74, 6) is 0.193. The fraction of sp³-hybridized carbons (Fsp3) is 0.923. The van der Waals surface area contributed by atoms with Gasteiger partial charge in [-0.2, -0.15) is 0 Å². The summed E-state index contributed by atoms with van der Waals surface area (Å²) in [6.07, 6.45) is 6.13. The van der Waals surface area contributed by atoms with E-state index in [9.17, 15) is 4.79 Å². The molecule has 4 nitrogen and oxygen atoms in total. The van der Waals surface area contributed by atoms with E-state index in [1.54, 1.807) is 0 Å². The Kier molecular flexibility index (Phi) is 2.67. The molecule has 2 aliphatic heterocycles. The first kappa shape index (κ1) is 11.5. The summed E-state index contributed by atoms with van der Waals surface area (Å²) in [4.78, 5) is 14.5. The Balaban J connectivity index is 1.68. The van der Waals surface area contributed by atoms with Gasteiger partial charge in [0, 0.05) is 25.1 Å². The predicted molar refractivity (Wildman–Crippen MR) is 64.5 cm³/mol. The highest BCUT2D eigenvalue weighted by molar-refractivity contribution is 5.86. The van der Waals surface area contributed by atoms with Crippen LogP contribution < -0.4 is 5.73 Å². The molecule has 2 N–H and O–H groups in total. The van der Waals surface area contributed by atoms with Crippen molar-refractivity contribution in [2.45, 2.75) is 44.1 Å². The van der Waals surface area contributed by atoms with Crippen molar-refractivity contribution in [3.63, 3.8) is 0 Å². The topological polar surface area (TPSA) is 55.6 Å². The number of nitrogens with two attached hydrogens (primary N) is 1. The van der Waals surface area contributed by atoms with E-state index in [-0.39, 0.29) is 11.3 Å². The maximum Gasteiger partial charge on any atom is 0.242 e. The molecule has 1 saturated carbocycles. The van der Waals surface area contributed by atoms with Gasteiger partial charge in [-0.25, -0.2) is 0 Å². The van der Waals surface area contributed by atoms with Crippen molar-refractivity contribution in [3.8, 4) is 0 Å². The summed E-state index contributed by atoms with van der Waals surface area (Å²) in [5, 5.41) is 0. The monoisotopic (exact) mass is 238 g/mol. The van der Waals surface area contributed by atoms with Gasteiger partial charge >= 0.3 is 0 Å². The van der Waals surface area contributed by atoms with Crippen molar-refractivity contribution in [1.82, 2.24) is 4.90 Å². The Labute approximate surface area is 102 Å². The van der Waals surface area contributed by atoms with Gasteiger partial charge in [-0.05, 0) is 25.7 Å². The molecule has 1 spiro atoms. The SMILES string of the molecule is NC1(C(=O)N2CCC3(CCOC3)C2)CCCC1. The van der Waals surface area contributed by atoms with Crippen molar-refractivity contribution in [1.29, 1.82) is 0 Å². The van der Waals surface area contributed by atoms with Crippen LogP contribution in [0, 0.1) is 5.41 Å². The van der Waals surface area contributed by atoms with Gasteiger partial charge in [0.05, 0.1) is 12.1 Å². The number of hydrogen-bond donors (Lipinski definition) is 1. The molecule has 4 heteroatoms. The van der Waals surface area contributed by atoms with E-state index >= 15 is 0 Å². The van der Waals surface area contributed by atoms with E-state index in [1.807, 2.05) is 4.90 Å². The number of carbonyl (C=O) groups excluding carboxylic acids is 1. The Morgan fingerprint density at radius 1 is 1.18 bits per heavy atom. The highest BCUT2D eigenvalue weighted by Gasteiger charge is 2.47. The maximum atomic E-state index is 12.5. The lowest BCUT2D eigenvalue weighted by Gasteiger charge is -2.30. The molecular formula is C13H22N2O2. The molecule has 1 aliphatic carbocycles. The predicted octanol–water partition coefficient (Wildman–Crippen LogP) is 0.897. The number of likely N-dealkylation sites (tertiary alicyclic amines) is 1. The van der Waals surface area contributed by atoms with E-state index in [0.717, 1.165) is 64.8 Å². The van der Waals surface area contributed by atoms with Crippen LogP contribution in [0.15, 0.2) is 0 Å². The van der Waals surface area contributed by atoms with Gasteiger partial charge in [0.1, 0.15) is 0 Å². The zero-order valence-corrected chi connectivity index (χ0v) is 10.4. The molecule has 17 heavy (non-hydrogen) atoms. The van der Waals surface area contributed by atoms with Gasteiger partial charge in [0.2, 0.25) is 5.91 Å². The molecule has 1 amide bonds. The Hall–Kier alpha value is -0.610. The molecule has 0 radical (unpaired) electrons. The van der Waals surface area contributed by atoms with Crippen molar-refractivity contribution < 1.29 is 9.53 Å². The second-order valence-electron chi connectivity index (χ2n) is 6.14. The standard InChI is InChI=1S/C13H22N2O2/c14-13(3-1-2-4-13)11(16)15-7-5-12(9-15)6-8-17-10-12/h1-10,14H2. The number of nitrogens with zero attached hydrogens (tertiary/aromatic N) is 1. The molecule has 1 atom stereocenters. The van der Waals surface area contributed by atoms with Gasteiger partial charge in [-0.3, -0.25) is 4.79 Å². The smallest absolute Gasteiger partial charge is 0.242 e. The molecule has 3 fully saturated rings. The van der Waals surface area contributed by atoms with Crippen molar-refractivity contribution in [3.05, 3.63) is 0 Å². The summed E-state index contributed by atoms with van der Waals surface area (Å²) in [5.41, 5.74) is 5.95. The average Bonchev–Trinajstić information content (AvgIpc) is 3.02. The van der Waals surface area contributed by atoms with Crippen LogP contribution in [0.3, 0.4) is 0 Å². The van der Waals surface area contributed by atoms with Crippen LogP contribution in [0.4, 0.5) is 0 Å². The molecule has 2 saturated heterocycles. The normalized spacial score (nSPS) is 35.9. The van der Waals surface area contributed by atoms with Crippen LogP contribution in [0.2, 0.25) is 0 Å². The molecule has 0 aromatic carbocycles. The molecule has 0 aromatic rings. The van der Waals surface area contributed by atoms with E-state index in [1.165, 1.54) is 0 Å². The highest BCUT2D eigenvalue weighted by atomic mass is 16.5. The summed E-state index contributed by atoms with van der Waals surface area (Å²) in [6.45, 7) is 3.43. The summed E-state index contributed by atoms with van der Waals surface area (Å²) in [6, 6.07) is 0. The minimum absolute atomic E-state index is 0.193. The third-order valence-corrected chi connectivity index (χ3v) is 4.83. The van der Waals surface area contributed by atoms with Crippen molar-refractivity contribution in [2.24, 2.45) is 11.1 Å². The minimum Gasteiger partial charge on any atom is -0.381 e. The molecule has 3 rings (SSSR count). The van der Waals surface area contributed by atoms with Crippen LogP contribution in [0.5, 0.6) is 0 Å². The van der Waals surface area contributed by atoms with Gasteiger partial charge in [-0.1, -0.05) is 12.8 Å². The van der Waals surface area contributed by atoms with Gasteiger partial charge in [-0.15, -0.1) is 0 Å². The summed E-state index contributed by atoms with van der Waals surface area (Å²) < 4.78 is 5.49. The van der Waals surface area contributed by atoms with Gasteiger partial charge in [0.15, 0.2) is 0 Å². The van der Waals surface area contributed by atoms with Crippen molar-refractivity contribution in [2.75, 3.05) is 26.3 Å². The third kappa shape index (κ3) is 1.87. The maximum absolute atomic E-state index is 12.5. The lowest BCUT2D eigenvalue weighted by molar-refractivity contribution is -0.136. The van der Waals surface area contributed by atoms with Gasteiger partial charge < -0.3 is 15.4 Å². The van der Waals surface area contributed by atoms with E-state index < -0.39 is 5.54 Å². The molecule has 3 aliphatic rings. The second kappa shape index (κ2) is 3.95. The van der Waals surface area contributed by atoms with Crippen LogP contribution in [-0.4, -0.2) is 42.6 Å². The van der Waals surface area contributed by atoms with Crippen LogP contribution in [0.1, 0.15) is 38.5 Å². The average molecular weight is 238 g/mol. The van der Waals surface area contributed by atoms with E-state index in [2.05, 4.69) is 0 Å². The number of amides is 1. The fourth-order valence-electron chi connectivity index (χ4n) is 3.61. The van der Waals surface area contributed by atoms with E-state index in [0.29, 0.717) is 0 Å². The second-order valence-corrected chi connectivity index (χ2v) is 6.14. The molecule has 96 valence electrons. The number of carbonyl (C=O) groups is 1. The summed E-state index contributed by atoms with van der Waals surface area (Å²) >= 11 is 0. The molecule has 0 aromatic heterocycles. The first-order valence-corrected chi connectivity index (χ1v) is 6.80. The molecular weight excluding hydrogens is 216 g/mol. The number of hydrogen-bond acceptors (Lipinski definition) is 3. The minimum atomic E-state index is -0.551. The van der Waals surface area contributed by atoms with Crippen LogP contribution in [-0.2, 0) is 9.53 Å². The lowest BCUT2D eigenvalue weighted by Crippen LogP contribution is -2.53. The Morgan fingerprint density at radius 2 is 1.94 bits per heavy atom. The Bertz CT molecular complexity index is 317. The highest BCUT2D eigenvalue weighted by Crippen LogP contribution is 2.40. The summed E-state index contributed by atoms with van der Waals surface area (Å²) in [7, 11) is 0. The van der Waals surface area contributed by atoms with Gasteiger partial charge in [0.25, 0.3) is 0 Å². The largest absolute Gasteiger partial charge is 0.381 e. The number of rotatable bonds is 1. The Morgan fingerprint density at radius 3 is 2.59 bits per heavy atom. The van der Waals surface area contributed by atoms with Crippen LogP contribution >= 0.6 is 0 Å². The first-order valence-electron chi connectivity index (χ1n) is 6.80. The molecule has 1 unspecified atom stereocenters. The fourth-order valence-corrected chi connectivity index (χ4v) is 3.61. The zero-order valence-electron chi connectivity index (χ0n) is 10.4.